The minimum Gasteiger partial charge on any atom is -0.294 e. The van der Waals surface area contributed by atoms with Crippen LogP contribution < -0.4 is 4.90 Å². The summed E-state index contributed by atoms with van der Waals surface area (Å²) in [6.07, 6.45) is 2.35. The lowest BCUT2D eigenvalue weighted by Gasteiger charge is -2.38. The molecular weight excluding hydrogens is 422 g/mol. The van der Waals surface area contributed by atoms with Crippen molar-refractivity contribution >= 4 is 56.2 Å². The molecule has 0 bridgehead atoms. The Hall–Kier alpha value is -1.43. The van der Waals surface area contributed by atoms with Gasteiger partial charge in [0.25, 0.3) is 0 Å². The highest BCUT2D eigenvalue weighted by molar-refractivity contribution is 9.10. The van der Waals surface area contributed by atoms with Crippen LogP contribution >= 0.6 is 38.9 Å². The molecule has 1 amide bonds. The van der Waals surface area contributed by atoms with E-state index in [-0.39, 0.29) is 17.6 Å². The fraction of sp³-hybridized carbons (Fsp3) is 0.263. The lowest BCUT2D eigenvalue weighted by Crippen LogP contribution is -2.40. The number of carbonyl (C=O) groups is 2. The molecule has 1 aromatic carbocycles. The highest BCUT2D eigenvalue weighted by atomic mass is 79.9. The first-order valence-corrected chi connectivity index (χ1v) is 10.2. The summed E-state index contributed by atoms with van der Waals surface area (Å²) in [4.78, 5) is 28.5. The Morgan fingerprint density at radius 1 is 1.20 bits per heavy atom. The molecule has 1 aromatic heterocycles. The fourth-order valence-corrected chi connectivity index (χ4v) is 5.26. The predicted octanol–water partition coefficient (Wildman–Crippen LogP) is 5.69. The van der Waals surface area contributed by atoms with Crippen LogP contribution in [-0.4, -0.2) is 11.7 Å². The van der Waals surface area contributed by atoms with Gasteiger partial charge in [-0.05, 0) is 42.5 Å². The van der Waals surface area contributed by atoms with E-state index in [1.165, 1.54) is 0 Å². The van der Waals surface area contributed by atoms with Crippen molar-refractivity contribution in [2.45, 2.75) is 31.6 Å². The summed E-state index contributed by atoms with van der Waals surface area (Å²) >= 11 is 11.4. The maximum absolute atomic E-state index is 13.0. The molecule has 25 heavy (non-hydrogen) atoms. The van der Waals surface area contributed by atoms with E-state index >= 15 is 0 Å². The minimum atomic E-state index is -0.124. The first-order chi connectivity index (χ1) is 12.1. The van der Waals surface area contributed by atoms with E-state index in [2.05, 4.69) is 15.9 Å². The quantitative estimate of drug-likeness (QED) is 0.606. The Bertz CT molecular complexity index is 891. The van der Waals surface area contributed by atoms with Crippen molar-refractivity contribution in [2.75, 3.05) is 4.90 Å². The molecule has 0 radical (unpaired) electrons. The maximum Gasteiger partial charge on any atom is 0.232 e. The number of carbonyl (C=O) groups excluding carboxylic acids is 2. The number of rotatable bonds is 2. The van der Waals surface area contributed by atoms with Gasteiger partial charge in [-0.15, -0.1) is 11.3 Å². The average Bonchev–Trinajstić information content (AvgIpc) is 3.10. The summed E-state index contributed by atoms with van der Waals surface area (Å²) < 4.78 is 0.857. The van der Waals surface area contributed by atoms with E-state index in [1.54, 1.807) is 22.3 Å². The van der Waals surface area contributed by atoms with Crippen LogP contribution in [0.25, 0.3) is 0 Å². The Morgan fingerprint density at radius 3 is 2.76 bits per heavy atom. The molecular formula is C19H15BrClNO2S. The number of hydrogen-bond donors (Lipinski definition) is 0. The predicted molar refractivity (Wildman–Crippen MR) is 104 cm³/mol. The van der Waals surface area contributed by atoms with Gasteiger partial charge in [-0.1, -0.05) is 33.6 Å². The van der Waals surface area contributed by atoms with Crippen molar-refractivity contribution in [3.05, 3.63) is 61.4 Å². The second kappa shape index (κ2) is 6.71. The van der Waals surface area contributed by atoms with Gasteiger partial charge in [-0.25, -0.2) is 0 Å². The highest BCUT2D eigenvalue weighted by Crippen LogP contribution is 2.45. The second-order valence-electron chi connectivity index (χ2n) is 6.23. The Balaban J connectivity index is 1.88. The van der Waals surface area contributed by atoms with Gasteiger partial charge in [-0.3, -0.25) is 14.5 Å². The van der Waals surface area contributed by atoms with Crippen molar-refractivity contribution in [2.24, 2.45) is 0 Å². The number of thiophene rings is 1. The van der Waals surface area contributed by atoms with E-state index in [0.717, 1.165) is 33.5 Å². The molecule has 1 unspecified atom stereocenters. The number of Topliss-reactive ketones (excluding diaryl/α,β-unsaturated/α-hetero) is 1. The Labute approximate surface area is 163 Å². The highest BCUT2D eigenvalue weighted by Gasteiger charge is 2.40. The van der Waals surface area contributed by atoms with Crippen molar-refractivity contribution in [3.8, 4) is 0 Å². The van der Waals surface area contributed by atoms with Gasteiger partial charge in [0.2, 0.25) is 5.91 Å². The van der Waals surface area contributed by atoms with Gasteiger partial charge < -0.3 is 0 Å². The van der Waals surface area contributed by atoms with E-state index < -0.39 is 0 Å². The first kappa shape index (κ1) is 17.0. The first-order valence-electron chi connectivity index (χ1n) is 8.14. The zero-order valence-corrected chi connectivity index (χ0v) is 16.5. The van der Waals surface area contributed by atoms with Crippen molar-refractivity contribution < 1.29 is 9.59 Å². The average molecular weight is 437 g/mol. The molecule has 0 spiro atoms. The van der Waals surface area contributed by atoms with Crippen molar-refractivity contribution in [1.82, 2.24) is 0 Å². The third-order valence-electron chi connectivity index (χ3n) is 4.71. The van der Waals surface area contributed by atoms with E-state index in [9.17, 15) is 9.59 Å². The summed E-state index contributed by atoms with van der Waals surface area (Å²) in [6.45, 7) is 0. The third kappa shape index (κ3) is 2.98. The molecule has 2 heterocycles. The molecule has 3 nitrogen and oxygen atoms in total. The molecule has 1 atom stereocenters. The summed E-state index contributed by atoms with van der Waals surface area (Å²) in [5.74, 6) is 0.0298. The summed E-state index contributed by atoms with van der Waals surface area (Å²) in [5, 5.41) is 2.49. The topological polar surface area (TPSA) is 37.4 Å². The molecule has 0 saturated heterocycles. The summed E-state index contributed by atoms with van der Waals surface area (Å²) in [5.41, 5.74) is 2.28. The molecule has 1 aliphatic carbocycles. The Kier molecular flexibility index (Phi) is 4.56. The fourth-order valence-electron chi connectivity index (χ4n) is 3.67. The summed E-state index contributed by atoms with van der Waals surface area (Å²) in [7, 11) is 0. The van der Waals surface area contributed by atoms with Crippen LogP contribution in [0.2, 0.25) is 5.02 Å². The van der Waals surface area contributed by atoms with Crippen LogP contribution in [-0.2, 0) is 9.59 Å². The SMILES string of the molecule is O=C1CCCC2=C1C(c1cccs1)CC(=O)N2c1ccc(Br)cc1Cl. The molecule has 1 aliphatic heterocycles. The van der Waals surface area contributed by atoms with Crippen LogP contribution in [0.4, 0.5) is 5.69 Å². The number of allylic oxidation sites excluding steroid dienone is 2. The van der Waals surface area contributed by atoms with Crippen molar-refractivity contribution in [1.29, 1.82) is 0 Å². The number of benzene rings is 1. The normalized spacial score (nSPS) is 20.9. The molecule has 0 N–H and O–H groups in total. The van der Waals surface area contributed by atoms with Crippen LogP contribution in [0.3, 0.4) is 0 Å². The van der Waals surface area contributed by atoms with E-state index in [4.69, 9.17) is 11.6 Å². The van der Waals surface area contributed by atoms with Crippen LogP contribution in [0.5, 0.6) is 0 Å². The molecule has 0 saturated carbocycles. The smallest absolute Gasteiger partial charge is 0.232 e. The summed E-state index contributed by atoms with van der Waals surface area (Å²) in [6, 6.07) is 9.46. The molecule has 128 valence electrons. The van der Waals surface area contributed by atoms with E-state index in [0.29, 0.717) is 23.6 Å². The molecule has 0 fully saturated rings. The lowest BCUT2D eigenvalue weighted by molar-refractivity contribution is -0.119. The van der Waals surface area contributed by atoms with Crippen LogP contribution in [0.1, 0.15) is 36.5 Å². The van der Waals surface area contributed by atoms with Crippen molar-refractivity contribution in [3.63, 3.8) is 0 Å². The lowest BCUT2D eigenvalue weighted by atomic mass is 9.79. The van der Waals surface area contributed by atoms with Gasteiger partial charge in [0.15, 0.2) is 5.78 Å². The van der Waals surface area contributed by atoms with Crippen LogP contribution in [0.15, 0.2) is 51.5 Å². The monoisotopic (exact) mass is 435 g/mol. The number of ketones is 1. The van der Waals surface area contributed by atoms with Gasteiger partial charge in [-0.2, -0.15) is 0 Å². The van der Waals surface area contributed by atoms with Gasteiger partial charge in [0.05, 0.1) is 10.7 Å². The standard InChI is InChI=1S/C19H15BrClNO2S/c20-11-6-7-14(13(21)9-11)22-15-3-1-4-16(23)19(15)12(10-18(22)24)17-5-2-8-25-17/h2,5-9,12H,1,3-4,10H2. The number of amides is 1. The Morgan fingerprint density at radius 2 is 2.04 bits per heavy atom. The molecule has 2 aromatic rings. The zero-order chi connectivity index (χ0) is 17.6. The third-order valence-corrected chi connectivity index (χ3v) is 6.49. The molecule has 6 heteroatoms. The number of nitrogens with zero attached hydrogens (tertiary/aromatic N) is 1. The largest absolute Gasteiger partial charge is 0.294 e. The number of hydrogen-bond acceptors (Lipinski definition) is 3. The maximum atomic E-state index is 13.0. The second-order valence-corrected chi connectivity index (χ2v) is 8.54. The zero-order valence-electron chi connectivity index (χ0n) is 13.3. The van der Waals surface area contributed by atoms with Gasteiger partial charge >= 0.3 is 0 Å². The van der Waals surface area contributed by atoms with Gasteiger partial charge in [0, 0.05) is 39.4 Å². The minimum absolute atomic E-state index is 0.00364. The van der Waals surface area contributed by atoms with Crippen LogP contribution in [0, 0.1) is 0 Å². The van der Waals surface area contributed by atoms with E-state index in [1.807, 2.05) is 29.6 Å². The number of halogens is 2. The van der Waals surface area contributed by atoms with Gasteiger partial charge in [0.1, 0.15) is 0 Å². The number of anilines is 1. The molecule has 4 rings (SSSR count). The molecule has 2 aliphatic rings.